The van der Waals surface area contributed by atoms with Gasteiger partial charge in [0.1, 0.15) is 0 Å². The molecule has 7 heteroatoms. The van der Waals surface area contributed by atoms with E-state index >= 15 is 0 Å². The van der Waals surface area contributed by atoms with Gasteiger partial charge in [-0.25, -0.2) is 0 Å². The van der Waals surface area contributed by atoms with Crippen molar-refractivity contribution in [2.75, 3.05) is 28.1 Å². The average molecular weight is 379 g/mol. The third kappa shape index (κ3) is 2.13. The Morgan fingerprint density at radius 1 is 0.857 bits per heavy atom. The fourth-order valence-electron chi connectivity index (χ4n) is 3.78. The zero-order valence-corrected chi connectivity index (χ0v) is 15.6. The number of rotatable bonds is 3. The van der Waals surface area contributed by atoms with Crippen LogP contribution in [0, 0.1) is 0 Å². The van der Waals surface area contributed by atoms with Crippen LogP contribution in [0.25, 0.3) is 27.2 Å². The highest BCUT2D eigenvalue weighted by Gasteiger charge is 2.22. The molecule has 2 aromatic rings. The monoisotopic (exact) mass is 379 g/mol. The number of nitrogens with zero attached hydrogens (tertiary/aromatic N) is 1. The van der Waals surface area contributed by atoms with Gasteiger partial charge in [0.05, 0.1) is 32.4 Å². The molecule has 7 nitrogen and oxygen atoms in total. The molecule has 0 radical (unpaired) electrons. The summed E-state index contributed by atoms with van der Waals surface area (Å²) < 4.78 is 29.0. The van der Waals surface area contributed by atoms with E-state index in [-0.39, 0.29) is 12.4 Å². The molecule has 0 saturated heterocycles. The standard InChI is InChI=1S/C21H17NO6/c1-24-18-7-11-6-15-13-8-16-17(28-10-27-16)9-14(13)21(23)22(15)5-4-12(11)19(25-2)20(18)26-3/h4-9H,10H2,1-3H3. The minimum absolute atomic E-state index is 0.124. The molecule has 0 bridgehead atoms. The highest BCUT2D eigenvalue weighted by molar-refractivity contribution is 5.99. The van der Waals surface area contributed by atoms with Gasteiger partial charge < -0.3 is 23.7 Å². The van der Waals surface area contributed by atoms with Gasteiger partial charge in [0.15, 0.2) is 23.0 Å². The Hall–Kier alpha value is -3.61. The van der Waals surface area contributed by atoms with Gasteiger partial charge in [0, 0.05) is 17.0 Å². The van der Waals surface area contributed by atoms with Gasteiger partial charge in [0.2, 0.25) is 12.5 Å². The molecule has 28 heavy (non-hydrogen) atoms. The highest BCUT2D eigenvalue weighted by Crippen LogP contribution is 2.44. The average Bonchev–Trinajstić information content (AvgIpc) is 3.20. The lowest BCUT2D eigenvalue weighted by molar-refractivity contribution is 0.174. The van der Waals surface area contributed by atoms with E-state index in [1.165, 1.54) is 0 Å². The minimum Gasteiger partial charge on any atom is -0.493 e. The van der Waals surface area contributed by atoms with Crippen molar-refractivity contribution in [1.29, 1.82) is 0 Å². The molecule has 0 amide bonds. The smallest absolute Gasteiger partial charge is 0.263 e. The maximum Gasteiger partial charge on any atom is 0.263 e. The molecule has 0 aromatic heterocycles. The first-order valence-corrected chi connectivity index (χ1v) is 8.66. The summed E-state index contributed by atoms with van der Waals surface area (Å²) in [7, 11) is 4.71. The lowest BCUT2D eigenvalue weighted by Gasteiger charge is -2.13. The van der Waals surface area contributed by atoms with Crippen LogP contribution < -0.4 is 29.2 Å². The van der Waals surface area contributed by atoms with Gasteiger partial charge in [-0.15, -0.1) is 0 Å². The van der Waals surface area contributed by atoms with Crippen LogP contribution in [0.4, 0.5) is 0 Å². The van der Waals surface area contributed by atoms with Crippen LogP contribution in [0.1, 0.15) is 0 Å². The predicted octanol–water partition coefficient (Wildman–Crippen LogP) is 3.34. The van der Waals surface area contributed by atoms with Crippen LogP contribution in [0.5, 0.6) is 28.7 Å². The van der Waals surface area contributed by atoms with Crippen molar-refractivity contribution < 1.29 is 23.7 Å². The fourth-order valence-corrected chi connectivity index (χ4v) is 3.78. The van der Waals surface area contributed by atoms with Gasteiger partial charge in [-0.3, -0.25) is 9.36 Å². The summed E-state index contributed by atoms with van der Waals surface area (Å²) in [6, 6.07) is 9.22. The van der Waals surface area contributed by atoms with Crippen LogP contribution in [-0.4, -0.2) is 32.7 Å². The van der Waals surface area contributed by atoms with E-state index in [1.807, 2.05) is 24.3 Å². The van der Waals surface area contributed by atoms with Crippen molar-refractivity contribution in [2.45, 2.75) is 0 Å². The Balaban J connectivity index is 1.92. The summed E-state index contributed by atoms with van der Waals surface area (Å²) in [5.41, 5.74) is 0.629. The quantitative estimate of drug-likeness (QED) is 0.544. The number of benzene rings is 2. The molecule has 0 fully saturated rings. The van der Waals surface area contributed by atoms with E-state index in [9.17, 15) is 4.79 Å². The Labute approximate surface area is 159 Å². The molecule has 3 aliphatic rings. The lowest BCUT2D eigenvalue weighted by atomic mass is 10.1. The topological polar surface area (TPSA) is 68.2 Å². The Bertz CT molecular complexity index is 1280. The van der Waals surface area contributed by atoms with Gasteiger partial charge in [-0.2, -0.15) is 0 Å². The molecule has 0 aliphatic carbocycles. The zero-order valence-electron chi connectivity index (χ0n) is 15.6. The molecular weight excluding hydrogens is 362 g/mol. The molecule has 2 aromatic carbocycles. The SMILES string of the molecule is COc1cc2cc3c4cc5c(cc4c(=O)n-3ccc2c(OC)c1OC)OCO5. The van der Waals surface area contributed by atoms with Crippen molar-refractivity contribution >= 4 is 21.5 Å². The van der Waals surface area contributed by atoms with Gasteiger partial charge in [-0.1, -0.05) is 0 Å². The molecule has 3 heterocycles. The number of fused-ring (bicyclic) bond motifs is 5. The van der Waals surface area contributed by atoms with E-state index in [4.69, 9.17) is 23.7 Å². The van der Waals surface area contributed by atoms with Crippen molar-refractivity contribution in [3.8, 4) is 34.4 Å². The maximum absolute atomic E-state index is 13.0. The summed E-state index contributed by atoms with van der Waals surface area (Å²) in [6.45, 7) is 0.159. The summed E-state index contributed by atoms with van der Waals surface area (Å²) in [6.07, 6.45) is 1.74. The first kappa shape index (κ1) is 16.6. The van der Waals surface area contributed by atoms with Crippen LogP contribution in [0.3, 0.4) is 0 Å². The molecule has 142 valence electrons. The molecule has 0 spiro atoms. The Kier molecular flexibility index (Phi) is 3.52. The van der Waals surface area contributed by atoms with Crippen molar-refractivity contribution in [1.82, 2.24) is 4.57 Å². The second kappa shape index (κ2) is 5.95. The van der Waals surface area contributed by atoms with Crippen LogP contribution in [0.15, 0.2) is 41.3 Å². The summed E-state index contributed by atoms with van der Waals surface area (Å²) in [5.74, 6) is 2.82. The highest BCUT2D eigenvalue weighted by atomic mass is 16.7. The number of hydrogen-bond donors (Lipinski definition) is 0. The minimum atomic E-state index is -0.124. The summed E-state index contributed by atoms with van der Waals surface area (Å²) in [5, 5.41) is 3.02. The van der Waals surface area contributed by atoms with Crippen molar-refractivity contribution in [3.63, 3.8) is 0 Å². The van der Waals surface area contributed by atoms with Gasteiger partial charge in [0.25, 0.3) is 5.56 Å². The molecule has 3 aliphatic heterocycles. The zero-order chi connectivity index (χ0) is 19.4. The predicted molar refractivity (Wildman–Crippen MR) is 104 cm³/mol. The molecule has 0 N–H and O–H groups in total. The van der Waals surface area contributed by atoms with Crippen LogP contribution >= 0.6 is 0 Å². The molecule has 0 atom stereocenters. The van der Waals surface area contributed by atoms with Gasteiger partial charge >= 0.3 is 0 Å². The van der Waals surface area contributed by atoms with Gasteiger partial charge in [-0.05, 0) is 35.7 Å². The van der Waals surface area contributed by atoms with Crippen molar-refractivity contribution in [2.24, 2.45) is 0 Å². The third-order valence-electron chi connectivity index (χ3n) is 5.08. The second-order valence-electron chi connectivity index (χ2n) is 6.42. The van der Waals surface area contributed by atoms with Crippen LogP contribution in [-0.2, 0) is 0 Å². The molecular formula is C21H17NO6. The third-order valence-corrected chi connectivity index (χ3v) is 5.08. The summed E-state index contributed by atoms with van der Waals surface area (Å²) >= 11 is 0. The normalized spacial score (nSPS) is 12.7. The van der Waals surface area contributed by atoms with Crippen molar-refractivity contribution in [3.05, 3.63) is 46.9 Å². The molecule has 5 rings (SSSR count). The van der Waals surface area contributed by atoms with E-state index in [0.29, 0.717) is 34.1 Å². The largest absolute Gasteiger partial charge is 0.493 e. The molecule has 0 unspecified atom stereocenters. The molecule has 0 saturated carbocycles. The fraction of sp³-hybridized carbons (Fsp3) is 0.190. The number of aromatic nitrogens is 1. The second-order valence-corrected chi connectivity index (χ2v) is 6.42. The first-order chi connectivity index (χ1) is 13.7. The first-order valence-electron chi connectivity index (χ1n) is 8.66. The van der Waals surface area contributed by atoms with E-state index in [2.05, 4.69) is 0 Å². The number of methoxy groups -OCH3 is 3. The number of hydrogen-bond acceptors (Lipinski definition) is 6. The van der Waals surface area contributed by atoms with E-state index in [1.54, 1.807) is 38.2 Å². The summed E-state index contributed by atoms with van der Waals surface area (Å²) in [4.78, 5) is 13.0. The Morgan fingerprint density at radius 3 is 2.25 bits per heavy atom. The van der Waals surface area contributed by atoms with E-state index in [0.717, 1.165) is 21.8 Å². The lowest BCUT2D eigenvalue weighted by Crippen LogP contribution is -2.09. The maximum atomic E-state index is 13.0. The number of ether oxygens (including phenoxy) is 5. The van der Waals surface area contributed by atoms with Crippen LogP contribution in [0.2, 0.25) is 0 Å². The van der Waals surface area contributed by atoms with E-state index < -0.39 is 0 Å². The Morgan fingerprint density at radius 2 is 1.57 bits per heavy atom.